The van der Waals surface area contributed by atoms with Gasteiger partial charge in [0.25, 0.3) is 5.91 Å². The predicted molar refractivity (Wildman–Crippen MR) is 97.0 cm³/mol. The smallest absolute Gasteiger partial charge is 0.259 e. The van der Waals surface area contributed by atoms with Crippen LogP contribution in [0.25, 0.3) is 11.3 Å². The summed E-state index contributed by atoms with van der Waals surface area (Å²) in [6.45, 7) is 0.190. The van der Waals surface area contributed by atoms with Gasteiger partial charge in [-0.15, -0.1) is 11.3 Å². The molecule has 0 bridgehead atoms. The number of rotatable bonds is 2. The Morgan fingerprint density at radius 3 is 3.00 bits per heavy atom. The van der Waals surface area contributed by atoms with Crippen LogP contribution in [0.2, 0.25) is 0 Å². The second-order valence-electron chi connectivity index (χ2n) is 6.33. The van der Waals surface area contributed by atoms with E-state index in [1.165, 1.54) is 10.6 Å². The second kappa shape index (κ2) is 5.57. The van der Waals surface area contributed by atoms with Gasteiger partial charge in [-0.1, -0.05) is 0 Å². The van der Waals surface area contributed by atoms with Gasteiger partial charge in [-0.2, -0.15) is 5.10 Å². The number of amides is 1. The Kier molecular flexibility index (Phi) is 3.30. The lowest BCUT2D eigenvalue weighted by Crippen LogP contribution is -2.26. The molecular formula is C18H16N4O3S. The van der Waals surface area contributed by atoms with Crippen molar-refractivity contribution in [2.75, 3.05) is 18.7 Å². The van der Waals surface area contributed by atoms with Crippen molar-refractivity contribution in [3.63, 3.8) is 0 Å². The average Bonchev–Trinajstić information content (AvgIpc) is 3.37. The summed E-state index contributed by atoms with van der Waals surface area (Å²) >= 11 is 1.57. The van der Waals surface area contributed by atoms with E-state index in [0.717, 1.165) is 24.1 Å². The van der Waals surface area contributed by atoms with Gasteiger partial charge in [0.05, 0.1) is 11.9 Å². The van der Waals surface area contributed by atoms with Crippen LogP contribution in [0.4, 0.5) is 5.13 Å². The molecule has 0 unspecified atom stereocenters. The van der Waals surface area contributed by atoms with Crippen LogP contribution in [0.5, 0.6) is 11.5 Å². The van der Waals surface area contributed by atoms with Gasteiger partial charge in [0.1, 0.15) is 0 Å². The molecule has 2 aromatic heterocycles. The standard InChI is InChI=1S/C18H16N4O3S/c1-21(17(23)10-3-5-13-14(7-10)25-9-24-13)18-20-16-11-8-19-22(2)12(11)4-6-15(16)26-18/h3,5,7-8H,4,6,9H2,1-2H3. The molecule has 7 nitrogen and oxygen atoms in total. The van der Waals surface area contributed by atoms with E-state index in [-0.39, 0.29) is 12.7 Å². The molecule has 1 aromatic carbocycles. The van der Waals surface area contributed by atoms with Crippen molar-refractivity contribution in [2.45, 2.75) is 12.8 Å². The Labute approximate surface area is 153 Å². The number of carbonyl (C=O) groups is 1. The van der Waals surface area contributed by atoms with E-state index in [4.69, 9.17) is 14.5 Å². The van der Waals surface area contributed by atoms with Crippen LogP contribution >= 0.6 is 11.3 Å². The molecule has 5 rings (SSSR count). The van der Waals surface area contributed by atoms with E-state index in [0.29, 0.717) is 22.2 Å². The molecule has 0 N–H and O–H groups in total. The molecule has 3 heterocycles. The lowest BCUT2D eigenvalue weighted by Gasteiger charge is -2.14. The van der Waals surface area contributed by atoms with Gasteiger partial charge in [0, 0.05) is 35.8 Å². The summed E-state index contributed by atoms with van der Waals surface area (Å²) in [5, 5.41) is 5.03. The van der Waals surface area contributed by atoms with E-state index in [1.807, 2.05) is 17.9 Å². The summed E-state index contributed by atoms with van der Waals surface area (Å²) in [7, 11) is 3.70. The van der Waals surface area contributed by atoms with E-state index in [1.54, 1.807) is 41.5 Å². The van der Waals surface area contributed by atoms with Crippen molar-refractivity contribution >= 4 is 22.4 Å². The van der Waals surface area contributed by atoms with Crippen molar-refractivity contribution in [1.82, 2.24) is 14.8 Å². The molecule has 0 saturated heterocycles. The number of anilines is 1. The number of ether oxygens (including phenoxy) is 2. The van der Waals surface area contributed by atoms with Gasteiger partial charge in [-0.05, 0) is 31.0 Å². The maximum absolute atomic E-state index is 12.9. The maximum atomic E-state index is 12.9. The number of aryl methyl sites for hydroxylation is 2. The summed E-state index contributed by atoms with van der Waals surface area (Å²) in [6.07, 6.45) is 3.72. The van der Waals surface area contributed by atoms with Crippen LogP contribution < -0.4 is 14.4 Å². The highest BCUT2D eigenvalue weighted by Crippen LogP contribution is 2.39. The first-order chi connectivity index (χ1) is 12.6. The maximum Gasteiger partial charge on any atom is 0.259 e. The van der Waals surface area contributed by atoms with Crippen molar-refractivity contribution < 1.29 is 14.3 Å². The molecule has 26 heavy (non-hydrogen) atoms. The minimum Gasteiger partial charge on any atom is -0.454 e. The number of thiazole rings is 1. The second-order valence-corrected chi connectivity index (χ2v) is 7.39. The summed E-state index contributed by atoms with van der Waals surface area (Å²) in [5.41, 5.74) is 3.76. The van der Waals surface area contributed by atoms with Crippen molar-refractivity contribution in [1.29, 1.82) is 0 Å². The van der Waals surface area contributed by atoms with Crippen LogP contribution in [-0.2, 0) is 19.9 Å². The largest absolute Gasteiger partial charge is 0.454 e. The van der Waals surface area contributed by atoms with Crippen LogP contribution in [-0.4, -0.2) is 34.5 Å². The lowest BCUT2D eigenvalue weighted by atomic mass is 10.0. The first kappa shape index (κ1) is 15.4. The molecule has 0 fully saturated rings. The van der Waals surface area contributed by atoms with Crippen molar-refractivity contribution in [3.05, 3.63) is 40.5 Å². The van der Waals surface area contributed by atoms with E-state index < -0.39 is 0 Å². The van der Waals surface area contributed by atoms with Gasteiger partial charge in [-0.3, -0.25) is 14.4 Å². The highest BCUT2D eigenvalue weighted by atomic mass is 32.1. The van der Waals surface area contributed by atoms with E-state index in [2.05, 4.69) is 5.10 Å². The number of carbonyl (C=O) groups excluding carboxylic acids is 1. The zero-order valence-electron chi connectivity index (χ0n) is 14.4. The third-order valence-corrected chi connectivity index (χ3v) is 5.99. The van der Waals surface area contributed by atoms with E-state index in [9.17, 15) is 4.79 Å². The molecule has 0 radical (unpaired) electrons. The Morgan fingerprint density at radius 2 is 2.12 bits per heavy atom. The molecule has 1 aliphatic carbocycles. The molecule has 3 aromatic rings. The first-order valence-electron chi connectivity index (χ1n) is 8.30. The fraction of sp³-hybridized carbons (Fsp3) is 0.278. The molecule has 0 saturated carbocycles. The summed E-state index contributed by atoms with van der Waals surface area (Å²) in [5.74, 6) is 1.14. The van der Waals surface area contributed by atoms with Crippen molar-refractivity contribution in [2.24, 2.45) is 7.05 Å². The van der Waals surface area contributed by atoms with E-state index >= 15 is 0 Å². The van der Waals surface area contributed by atoms with Gasteiger partial charge in [0.2, 0.25) is 6.79 Å². The van der Waals surface area contributed by atoms with Gasteiger partial charge in [0.15, 0.2) is 16.6 Å². The monoisotopic (exact) mass is 368 g/mol. The fourth-order valence-electron chi connectivity index (χ4n) is 3.36. The molecule has 132 valence electrons. The average molecular weight is 368 g/mol. The Bertz CT molecular complexity index is 1040. The van der Waals surface area contributed by atoms with Gasteiger partial charge >= 0.3 is 0 Å². The van der Waals surface area contributed by atoms with Crippen LogP contribution in [0, 0.1) is 0 Å². The van der Waals surface area contributed by atoms with Crippen LogP contribution in [0.15, 0.2) is 24.4 Å². The zero-order valence-corrected chi connectivity index (χ0v) is 15.2. The molecular weight excluding hydrogens is 352 g/mol. The van der Waals surface area contributed by atoms with Crippen molar-refractivity contribution in [3.8, 4) is 22.8 Å². The Balaban J connectivity index is 1.47. The molecule has 0 spiro atoms. The highest BCUT2D eigenvalue weighted by Gasteiger charge is 2.27. The third kappa shape index (κ3) is 2.22. The van der Waals surface area contributed by atoms with Crippen LogP contribution in [0.1, 0.15) is 20.9 Å². The third-order valence-electron chi connectivity index (χ3n) is 4.80. The number of aromatic nitrogens is 3. The minimum atomic E-state index is -0.124. The fourth-order valence-corrected chi connectivity index (χ4v) is 4.40. The summed E-state index contributed by atoms with van der Waals surface area (Å²) in [4.78, 5) is 20.4. The van der Waals surface area contributed by atoms with Gasteiger partial charge < -0.3 is 9.47 Å². The predicted octanol–water partition coefficient (Wildman–Crippen LogP) is 2.65. The molecule has 0 atom stereocenters. The number of hydrogen-bond acceptors (Lipinski definition) is 6. The Hall–Kier alpha value is -2.87. The molecule has 1 amide bonds. The molecule has 1 aliphatic heterocycles. The number of benzene rings is 1. The quantitative estimate of drug-likeness (QED) is 0.696. The van der Waals surface area contributed by atoms with Gasteiger partial charge in [-0.25, -0.2) is 4.98 Å². The minimum absolute atomic E-state index is 0.124. The summed E-state index contributed by atoms with van der Waals surface area (Å²) < 4.78 is 12.6. The number of fused-ring (bicyclic) bond motifs is 4. The first-order valence-corrected chi connectivity index (χ1v) is 9.12. The Morgan fingerprint density at radius 1 is 1.27 bits per heavy atom. The molecule has 8 heteroatoms. The number of hydrogen-bond donors (Lipinski definition) is 0. The zero-order chi connectivity index (χ0) is 17.8. The van der Waals surface area contributed by atoms with Crippen LogP contribution in [0.3, 0.4) is 0 Å². The SMILES string of the molecule is CN(C(=O)c1ccc2c(c1)OCO2)c1nc2c(s1)CCc1c-2cnn1C. The topological polar surface area (TPSA) is 69.5 Å². The molecule has 2 aliphatic rings. The lowest BCUT2D eigenvalue weighted by molar-refractivity contribution is 0.0992. The number of nitrogens with zero attached hydrogens (tertiary/aromatic N) is 4. The summed E-state index contributed by atoms with van der Waals surface area (Å²) in [6, 6.07) is 5.23. The highest BCUT2D eigenvalue weighted by molar-refractivity contribution is 7.16. The normalized spacial score (nSPS) is 14.1.